The van der Waals surface area contributed by atoms with Crippen LogP contribution in [-0.2, 0) is 10.0 Å². The average Bonchev–Trinajstić information content (AvgIpc) is 2.46. The third kappa shape index (κ3) is 4.47. The Kier molecular flexibility index (Phi) is 4.81. The molecule has 2 N–H and O–H groups in total. The normalized spacial score (nSPS) is 11.3. The van der Waals surface area contributed by atoms with Gasteiger partial charge in [-0.2, -0.15) is 5.10 Å². The van der Waals surface area contributed by atoms with Gasteiger partial charge in [-0.3, -0.25) is 0 Å². The molecule has 0 bridgehead atoms. The number of rotatable bonds is 6. The highest BCUT2D eigenvalue weighted by molar-refractivity contribution is 7.89. The summed E-state index contributed by atoms with van der Waals surface area (Å²) in [5, 5.41) is 10.7. The van der Waals surface area contributed by atoms with E-state index in [0.29, 0.717) is 12.4 Å². The fourth-order valence-electron chi connectivity index (χ4n) is 1.57. The molecule has 0 radical (unpaired) electrons. The van der Waals surface area contributed by atoms with Crippen molar-refractivity contribution >= 4 is 15.8 Å². The number of nitrogens with zero attached hydrogens (tertiary/aromatic N) is 2. The van der Waals surface area contributed by atoms with E-state index in [0.717, 1.165) is 17.8 Å². The molecule has 112 valence electrons. The molecule has 0 saturated carbocycles. The van der Waals surface area contributed by atoms with Crippen LogP contribution >= 0.6 is 0 Å². The number of nitrogens with one attached hydrogen (secondary N) is 2. The summed E-state index contributed by atoms with van der Waals surface area (Å²) >= 11 is 0. The largest absolute Gasteiger partial charge is 0.367 e. The molecule has 1 aromatic heterocycles. The lowest BCUT2D eigenvalue weighted by Crippen LogP contribution is -2.29. The van der Waals surface area contributed by atoms with Crippen molar-refractivity contribution < 1.29 is 12.8 Å². The first-order valence-electron chi connectivity index (χ1n) is 6.27. The Morgan fingerprint density at radius 2 is 1.76 bits per heavy atom. The number of aromatic nitrogens is 2. The molecule has 8 heteroatoms. The van der Waals surface area contributed by atoms with E-state index in [-0.39, 0.29) is 11.4 Å². The first-order chi connectivity index (χ1) is 9.97. The summed E-state index contributed by atoms with van der Waals surface area (Å²) in [6.45, 7) is 2.36. The van der Waals surface area contributed by atoms with Crippen LogP contribution < -0.4 is 10.0 Å². The van der Waals surface area contributed by atoms with Gasteiger partial charge in [-0.1, -0.05) is 0 Å². The van der Waals surface area contributed by atoms with Crippen LogP contribution in [-0.4, -0.2) is 31.7 Å². The maximum Gasteiger partial charge on any atom is 0.240 e. The van der Waals surface area contributed by atoms with Crippen molar-refractivity contribution in [1.29, 1.82) is 0 Å². The van der Waals surface area contributed by atoms with E-state index in [2.05, 4.69) is 20.2 Å². The van der Waals surface area contributed by atoms with Crippen molar-refractivity contribution in [3.8, 4) is 0 Å². The van der Waals surface area contributed by atoms with E-state index in [1.165, 1.54) is 12.1 Å². The molecule has 21 heavy (non-hydrogen) atoms. The molecule has 2 aromatic rings. The zero-order chi connectivity index (χ0) is 15.3. The predicted molar refractivity (Wildman–Crippen MR) is 76.8 cm³/mol. The van der Waals surface area contributed by atoms with Gasteiger partial charge in [-0.05, 0) is 43.3 Å². The van der Waals surface area contributed by atoms with E-state index in [1.54, 1.807) is 12.1 Å². The number of aryl methyl sites for hydroxylation is 1. The summed E-state index contributed by atoms with van der Waals surface area (Å²) in [5.41, 5.74) is 0.803. The second-order valence-electron chi connectivity index (χ2n) is 4.34. The van der Waals surface area contributed by atoms with Gasteiger partial charge < -0.3 is 5.32 Å². The van der Waals surface area contributed by atoms with Crippen LogP contribution in [0.15, 0.2) is 41.3 Å². The van der Waals surface area contributed by atoms with E-state index < -0.39 is 15.8 Å². The first kappa shape index (κ1) is 15.3. The van der Waals surface area contributed by atoms with E-state index >= 15 is 0 Å². The molecular weight excluding hydrogens is 295 g/mol. The minimum atomic E-state index is -3.63. The molecule has 0 aliphatic heterocycles. The molecule has 0 fully saturated rings. The first-order valence-corrected chi connectivity index (χ1v) is 7.75. The standard InChI is InChI=1S/C13H15FN4O2S/c1-10-2-7-13(18-17-10)15-8-9-16-21(19,20)12-5-3-11(14)4-6-12/h2-7,16H,8-9H2,1H3,(H,15,18). The van der Waals surface area contributed by atoms with Gasteiger partial charge in [0.05, 0.1) is 10.6 Å². The molecule has 6 nitrogen and oxygen atoms in total. The van der Waals surface area contributed by atoms with Gasteiger partial charge in [0.15, 0.2) is 0 Å². The van der Waals surface area contributed by atoms with Crippen LogP contribution in [0, 0.1) is 12.7 Å². The predicted octanol–water partition coefficient (Wildman–Crippen LogP) is 1.31. The summed E-state index contributed by atoms with van der Waals surface area (Å²) < 4.78 is 39.0. The molecule has 0 aliphatic carbocycles. The quantitative estimate of drug-likeness (QED) is 0.786. The monoisotopic (exact) mass is 310 g/mol. The van der Waals surface area contributed by atoms with Crippen molar-refractivity contribution in [3.63, 3.8) is 0 Å². The Bertz CT molecular complexity index is 687. The molecule has 0 amide bonds. The van der Waals surface area contributed by atoms with Crippen molar-refractivity contribution in [2.45, 2.75) is 11.8 Å². The summed E-state index contributed by atoms with van der Waals surface area (Å²) in [4.78, 5) is 0.0269. The fourth-order valence-corrected chi connectivity index (χ4v) is 2.60. The van der Waals surface area contributed by atoms with E-state index in [4.69, 9.17) is 0 Å². The van der Waals surface area contributed by atoms with Gasteiger partial charge in [-0.15, -0.1) is 5.10 Å². The molecule has 2 rings (SSSR count). The third-order valence-corrected chi connectivity index (χ3v) is 4.12. The van der Waals surface area contributed by atoms with E-state index in [1.807, 2.05) is 6.92 Å². The summed E-state index contributed by atoms with van der Waals surface area (Å²) in [6.07, 6.45) is 0. The summed E-state index contributed by atoms with van der Waals surface area (Å²) in [6, 6.07) is 8.21. The van der Waals surface area contributed by atoms with Gasteiger partial charge >= 0.3 is 0 Å². The van der Waals surface area contributed by atoms with Gasteiger partial charge in [0.2, 0.25) is 10.0 Å². The average molecular weight is 310 g/mol. The highest BCUT2D eigenvalue weighted by Gasteiger charge is 2.12. The lowest BCUT2D eigenvalue weighted by Gasteiger charge is -2.08. The van der Waals surface area contributed by atoms with Gasteiger partial charge in [-0.25, -0.2) is 17.5 Å². The van der Waals surface area contributed by atoms with Crippen LogP contribution in [0.2, 0.25) is 0 Å². The second-order valence-corrected chi connectivity index (χ2v) is 6.11. The molecule has 1 heterocycles. The van der Waals surface area contributed by atoms with Crippen molar-refractivity contribution in [1.82, 2.24) is 14.9 Å². The van der Waals surface area contributed by atoms with Gasteiger partial charge in [0.1, 0.15) is 11.6 Å². The van der Waals surface area contributed by atoms with Crippen molar-refractivity contribution in [2.75, 3.05) is 18.4 Å². The Balaban J connectivity index is 1.85. The Labute approximate surface area is 122 Å². The van der Waals surface area contributed by atoms with Crippen LogP contribution in [0.4, 0.5) is 10.2 Å². The SMILES string of the molecule is Cc1ccc(NCCNS(=O)(=O)c2ccc(F)cc2)nn1. The Morgan fingerprint density at radius 3 is 2.38 bits per heavy atom. The molecule has 0 unspecified atom stereocenters. The Hall–Kier alpha value is -2.06. The maximum atomic E-state index is 12.8. The van der Waals surface area contributed by atoms with Crippen LogP contribution in [0.1, 0.15) is 5.69 Å². The lowest BCUT2D eigenvalue weighted by atomic mass is 10.4. The number of halogens is 1. The third-order valence-electron chi connectivity index (χ3n) is 2.65. The van der Waals surface area contributed by atoms with Crippen molar-refractivity contribution in [3.05, 3.63) is 47.9 Å². The highest BCUT2D eigenvalue weighted by Crippen LogP contribution is 2.09. The fraction of sp³-hybridized carbons (Fsp3) is 0.231. The van der Waals surface area contributed by atoms with Crippen LogP contribution in [0.25, 0.3) is 0 Å². The van der Waals surface area contributed by atoms with Gasteiger partial charge in [0.25, 0.3) is 0 Å². The van der Waals surface area contributed by atoms with Crippen LogP contribution in [0.3, 0.4) is 0 Å². The molecule has 0 spiro atoms. The molecule has 0 aliphatic rings. The number of sulfonamides is 1. The Morgan fingerprint density at radius 1 is 1.05 bits per heavy atom. The topological polar surface area (TPSA) is 84.0 Å². The molecular formula is C13H15FN4O2S. The zero-order valence-corrected chi connectivity index (χ0v) is 12.2. The minimum Gasteiger partial charge on any atom is -0.367 e. The number of anilines is 1. The number of hydrogen-bond donors (Lipinski definition) is 2. The lowest BCUT2D eigenvalue weighted by molar-refractivity contribution is 0.582. The van der Waals surface area contributed by atoms with Gasteiger partial charge in [0, 0.05) is 13.1 Å². The number of hydrogen-bond acceptors (Lipinski definition) is 5. The van der Waals surface area contributed by atoms with Crippen LogP contribution in [0.5, 0.6) is 0 Å². The maximum absolute atomic E-state index is 12.8. The smallest absolute Gasteiger partial charge is 0.240 e. The second kappa shape index (κ2) is 6.59. The molecule has 0 saturated heterocycles. The minimum absolute atomic E-state index is 0.0269. The number of benzene rings is 1. The van der Waals surface area contributed by atoms with Crippen molar-refractivity contribution in [2.24, 2.45) is 0 Å². The highest BCUT2D eigenvalue weighted by atomic mass is 32.2. The van der Waals surface area contributed by atoms with E-state index in [9.17, 15) is 12.8 Å². The molecule has 1 aromatic carbocycles. The zero-order valence-electron chi connectivity index (χ0n) is 11.4. The molecule has 0 atom stereocenters. The summed E-state index contributed by atoms with van der Waals surface area (Å²) in [5.74, 6) is 0.0927. The summed E-state index contributed by atoms with van der Waals surface area (Å²) in [7, 11) is -3.63.